The summed E-state index contributed by atoms with van der Waals surface area (Å²) in [5.41, 5.74) is 2.11. The number of hydrogen-bond donors (Lipinski definition) is 0. The third-order valence-corrected chi connectivity index (χ3v) is 4.84. The molecule has 0 unspecified atom stereocenters. The van der Waals surface area contributed by atoms with Crippen LogP contribution in [0.5, 0.6) is 11.5 Å². The lowest BCUT2D eigenvalue weighted by atomic mass is 10.2. The summed E-state index contributed by atoms with van der Waals surface area (Å²) in [5.74, 6) is 1.95. The van der Waals surface area contributed by atoms with Gasteiger partial charge in [-0.05, 0) is 55.0 Å². The molecule has 2 aromatic carbocycles. The lowest BCUT2D eigenvalue weighted by Crippen LogP contribution is -2.05. The molecule has 2 aromatic heterocycles. The highest BCUT2D eigenvalue weighted by molar-refractivity contribution is 6.31. The van der Waals surface area contributed by atoms with Gasteiger partial charge in [-0.1, -0.05) is 28.4 Å². The maximum absolute atomic E-state index is 6.08. The molecule has 9 heteroatoms. The van der Waals surface area contributed by atoms with Gasteiger partial charge >= 0.3 is 0 Å². The number of aryl methyl sites for hydroxylation is 1. The summed E-state index contributed by atoms with van der Waals surface area (Å²) in [7, 11) is 1.57. The van der Waals surface area contributed by atoms with Gasteiger partial charge < -0.3 is 14.0 Å². The van der Waals surface area contributed by atoms with E-state index in [1.807, 2.05) is 19.1 Å². The fourth-order valence-electron chi connectivity index (χ4n) is 2.69. The molecule has 0 aliphatic rings. The van der Waals surface area contributed by atoms with E-state index in [9.17, 15) is 0 Å². The molecular formula is C20H16Cl2N4O3. The van der Waals surface area contributed by atoms with E-state index in [1.165, 1.54) is 0 Å². The number of ether oxygens (including phenoxy) is 2. The molecular weight excluding hydrogens is 415 g/mol. The molecule has 4 aromatic rings. The molecule has 0 bridgehead atoms. The highest BCUT2D eigenvalue weighted by Gasteiger charge is 2.16. The topological polar surface area (TPSA) is 75.2 Å². The summed E-state index contributed by atoms with van der Waals surface area (Å²) < 4.78 is 18.1. The average Bonchev–Trinajstić information content (AvgIpc) is 3.38. The Morgan fingerprint density at radius 3 is 2.76 bits per heavy atom. The van der Waals surface area contributed by atoms with E-state index in [0.717, 1.165) is 5.56 Å². The van der Waals surface area contributed by atoms with Crippen LogP contribution in [0.1, 0.15) is 5.56 Å². The molecule has 0 fully saturated rings. The molecule has 0 saturated heterocycles. The van der Waals surface area contributed by atoms with Crippen LogP contribution in [0.4, 0.5) is 0 Å². The van der Waals surface area contributed by atoms with E-state index >= 15 is 0 Å². The van der Waals surface area contributed by atoms with Crippen molar-refractivity contribution in [2.24, 2.45) is 0 Å². The summed E-state index contributed by atoms with van der Waals surface area (Å²) in [6.07, 6.45) is 1.77. The fraction of sp³-hybridized carbons (Fsp3) is 0.150. The van der Waals surface area contributed by atoms with Crippen LogP contribution in [0.25, 0.3) is 23.0 Å². The van der Waals surface area contributed by atoms with Crippen LogP contribution in [0.3, 0.4) is 0 Å². The minimum atomic E-state index is 0.226. The van der Waals surface area contributed by atoms with Crippen molar-refractivity contribution in [2.75, 3.05) is 7.11 Å². The Bertz CT molecular complexity index is 1160. The molecule has 0 amide bonds. The summed E-state index contributed by atoms with van der Waals surface area (Å²) in [4.78, 5) is 4.41. The van der Waals surface area contributed by atoms with Gasteiger partial charge in [0, 0.05) is 16.2 Å². The zero-order chi connectivity index (χ0) is 20.4. The van der Waals surface area contributed by atoms with Crippen LogP contribution in [0.2, 0.25) is 10.0 Å². The highest BCUT2D eigenvalue weighted by Crippen LogP contribution is 2.31. The minimum Gasteiger partial charge on any atom is -0.496 e. The first-order valence-electron chi connectivity index (χ1n) is 8.64. The lowest BCUT2D eigenvalue weighted by Gasteiger charge is -2.07. The molecule has 2 heterocycles. The molecule has 0 aliphatic heterocycles. The number of methoxy groups -OCH3 is 1. The Hall–Kier alpha value is -3.03. The van der Waals surface area contributed by atoms with Crippen molar-refractivity contribution in [3.8, 4) is 34.5 Å². The molecule has 7 nitrogen and oxygen atoms in total. The van der Waals surface area contributed by atoms with Gasteiger partial charge in [0.25, 0.3) is 5.89 Å². The van der Waals surface area contributed by atoms with Crippen molar-refractivity contribution in [3.63, 3.8) is 0 Å². The van der Waals surface area contributed by atoms with Crippen LogP contribution in [-0.2, 0) is 6.73 Å². The SMILES string of the molecule is COc1ccc(Cl)cc1-c1noc(-c2ccn(COc3ccc(Cl)c(C)c3)n2)n1. The summed E-state index contributed by atoms with van der Waals surface area (Å²) in [5, 5.41) is 9.67. The minimum absolute atomic E-state index is 0.226. The standard InChI is InChI=1S/C20H16Cl2N4O3/c1-12-9-14(4-5-16(12)22)28-11-26-8-7-17(24-26)20-23-19(25-29-20)15-10-13(21)3-6-18(15)27-2/h3-10H,11H2,1-2H3. The van der Waals surface area contributed by atoms with Crippen LogP contribution < -0.4 is 9.47 Å². The Kier molecular flexibility index (Phi) is 5.42. The molecule has 4 rings (SSSR count). The molecule has 0 atom stereocenters. The van der Waals surface area contributed by atoms with Crippen molar-refractivity contribution in [1.29, 1.82) is 0 Å². The molecule has 29 heavy (non-hydrogen) atoms. The molecule has 0 N–H and O–H groups in total. The van der Waals surface area contributed by atoms with Crippen molar-refractivity contribution < 1.29 is 14.0 Å². The number of hydrogen-bond acceptors (Lipinski definition) is 6. The third-order valence-electron chi connectivity index (χ3n) is 4.18. The zero-order valence-corrected chi connectivity index (χ0v) is 17.1. The number of benzene rings is 2. The van der Waals surface area contributed by atoms with Crippen molar-refractivity contribution >= 4 is 23.2 Å². The van der Waals surface area contributed by atoms with Gasteiger partial charge in [0.05, 0.1) is 12.7 Å². The maximum Gasteiger partial charge on any atom is 0.278 e. The zero-order valence-electron chi connectivity index (χ0n) is 15.6. The van der Waals surface area contributed by atoms with Gasteiger partial charge in [-0.25, -0.2) is 4.68 Å². The predicted octanol–water partition coefficient (Wildman–Crippen LogP) is 5.26. The second-order valence-corrected chi connectivity index (χ2v) is 7.04. The quantitative estimate of drug-likeness (QED) is 0.415. The molecule has 0 aliphatic carbocycles. The number of aromatic nitrogens is 4. The normalized spacial score (nSPS) is 10.9. The van der Waals surface area contributed by atoms with Crippen molar-refractivity contribution in [1.82, 2.24) is 19.9 Å². The van der Waals surface area contributed by atoms with Crippen LogP contribution >= 0.6 is 23.2 Å². The van der Waals surface area contributed by atoms with Crippen LogP contribution in [-0.4, -0.2) is 27.0 Å². The van der Waals surface area contributed by atoms with Gasteiger partial charge in [0.1, 0.15) is 11.5 Å². The van der Waals surface area contributed by atoms with E-state index in [1.54, 1.807) is 48.3 Å². The molecule has 0 spiro atoms. The van der Waals surface area contributed by atoms with Crippen molar-refractivity contribution in [3.05, 3.63) is 64.3 Å². The fourth-order valence-corrected chi connectivity index (χ4v) is 2.98. The monoisotopic (exact) mass is 430 g/mol. The van der Waals surface area contributed by atoms with E-state index in [2.05, 4.69) is 15.2 Å². The highest BCUT2D eigenvalue weighted by atomic mass is 35.5. The van der Waals surface area contributed by atoms with Crippen LogP contribution in [0.15, 0.2) is 53.2 Å². The Labute approximate surface area is 176 Å². The number of halogens is 2. The molecule has 148 valence electrons. The Morgan fingerprint density at radius 2 is 1.97 bits per heavy atom. The molecule has 0 saturated carbocycles. The third kappa shape index (κ3) is 4.21. The lowest BCUT2D eigenvalue weighted by molar-refractivity contribution is 0.221. The summed E-state index contributed by atoms with van der Waals surface area (Å²) >= 11 is 12.1. The predicted molar refractivity (Wildman–Crippen MR) is 109 cm³/mol. The first-order chi connectivity index (χ1) is 14.0. The van der Waals surface area contributed by atoms with Gasteiger partial charge in [-0.3, -0.25) is 0 Å². The van der Waals surface area contributed by atoms with E-state index in [-0.39, 0.29) is 12.6 Å². The largest absolute Gasteiger partial charge is 0.496 e. The smallest absolute Gasteiger partial charge is 0.278 e. The van der Waals surface area contributed by atoms with Gasteiger partial charge in [-0.15, -0.1) is 0 Å². The second kappa shape index (κ2) is 8.14. The first-order valence-corrected chi connectivity index (χ1v) is 9.39. The van der Waals surface area contributed by atoms with E-state index in [4.69, 9.17) is 37.2 Å². The van der Waals surface area contributed by atoms with E-state index in [0.29, 0.717) is 38.6 Å². The summed E-state index contributed by atoms with van der Waals surface area (Å²) in [6.45, 7) is 2.15. The number of rotatable bonds is 6. The van der Waals surface area contributed by atoms with Gasteiger partial charge in [0.15, 0.2) is 12.4 Å². The van der Waals surface area contributed by atoms with Crippen LogP contribution in [0, 0.1) is 6.92 Å². The second-order valence-electron chi connectivity index (χ2n) is 6.19. The Morgan fingerprint density at radius 1 is 1.10 bits per heavy atom. The van der Waals surface area contributed by atoms with Crippen molar-refractivity contribution in [2.45, 2.75) is 13.7 Å². The summed E-state index contributed by atoms with van der Waals surface area (Å²) in [6, 6.07) is 12.4. The first kappa shape index (κ1) is 19.3. The average molecular weight is 431 g/mol. The van der Waals surface area contributed by atoms with Gasteiger partial charge in [0.2, 0.25) is 5.82 Å². The maximum atomic E-state index is 6.08. The van der Waals surface area contributed by atoms with E-state index < -0.39 is 0 Å². The van der Waals surface area contributed by atoms with Gasteiger partial charge in [-0.2, -0.15) is 10.1 Å². The molecule has 0 radical (unpaired) electrons. The Balaban J connectivity index is 1.50. The number of nitrogens with zero attached hydrogens (tertiary/aromatic N) is 4.